The summed E-state index contributed by atoms with van der Waals surface area (Å²) in [5.41, 5.74) is 1.10. The van der Waals surface area contributed by atoms with Gasteiger partial charge >= 0.3 is 0 Å². The number of carboxylic acid groups (broad SMARTS) is 1. The molecule has 3 nitrogen and oxygen atoms in total. The van der Waals surface area contributed by atoms with Crippen LogP contribution in [0.3, 0.4) is 0 Å². The van der Waals surface area contributed by atoms with Crippen LogP contribution >= 0.6 is 0 Å². The van der Waals surface area contributed by atoms with Crippen molar-refractivity contribution in [2.24, 2.45) is 0 Å². The van der Waals surface area contributed by atoms with Crippen molar-refractivity contribution in [2.45, 2.75) is 39.0 Å². The van der Waals surface area contributed by atoms with Gasteiger partial charge in [0.05, 0.1) is 11.7 Å². The largest absolute Gasteiger partial charge is 0.543 e. The Morgan fingerprint density at radius 3 is 2.67 bits per heavy atom. The van der Waals surface area contributed by atoms with Crippen molar-refractivity contribution >= 4 is 5.97 Å². The molecule has 0 aromatic carbocycles. The zero-order valence-corrected chi connectivity index (χ0v) is 9.03. The maximum atomic E-state index is 10.4. The van der Waals surface area contributed by atoms with Crippen molar-refractivity contribution in [1.82, 2.24) is 4.98 Å². The molecule has 0 unspecified atom stereocenters. The van der Waals surface area contributed by atoms with Crippen LogP contribution in [0.5, 0.6) is 0 Å². The zero-order chi connectivity index (χ0) is 11.1. The molecular weight excluding hydrogens is 190 g/mol. The molecule has 0 atom stereocenters. The lowest BCUT2D eigenvalue weighted by atomic mass is 10.1. The SMILES string of the molecule is CCCCCCc1ccc(C(=O)[O-])nc1. The summed E-state index contributed by atoms with van der Waals surface area (Å²) in [6.45, 7) is 2.18. The summed E-state index contributed by atoms with van der Waals surface area (Å²) in [6.07, 6.45) is 7.43. The van der Waals surface area contributed by atoms with Gasteiger partial charge in [-0.05, 0) is 24.5 Å². The monoisotopic (exact) mass is 206 g/mol. The lowest BCUT2D eigenvalue weighted by Crippen LogP contribution is -2.23. The molecule has 0 aliphatic rings. The van der Waals surface area contributed by atoms with Gasteiger partial charge in [0.2, 0.25) is 0 Å². The third-order valence-corrected chi connectivity index (χ3v) is 2.35. The minimum atomic E-state index is -1.22. The van der Waals surface area contributed by atoms with Crippen LogP contribution in [-0.4, -0.2) is 11.0 Å². The topological polar surface area (TPSA) is 53.0 Å². The number of hydrogen-bond acceptors (Lipinski definition) is 3. The third-order valence-electron chi connectivity index (χ3n) is 2.35. The Morgan fingerprint density at radius 1 is 1.33 bits per heavy atom. The van der Waals surface area contributed by atoms with Crippen molar-refractivity contribution in [2.75, 3.05) is 0 Å². The van der Waals surface area contributed by atoms with Crippen LogP contribution in [0.4, 0.5) is 0 Å². The Balaban J connectivity index is 2.39. The first-order valence-electron chi connectivity index (χ1n) is 5.40. The summed E-state index contributed by atoms with van der Waals surface area (Å²) in [6, 6.07) is 3.31. The molecule has 1 aromatic rings. The Morgan fingerprint density at radius 2 is 2.13 bits per heavy atom. The number of carbonyl (C=O) groups is 1. The number of hydrogen-bond donors (Lipinski definition) is 0. The number of rotatable bonds is 6. The van der Waals surface area contributed by atoms with Crippen LogP contribution in [0.2, 0.25) is 0 Å². The highest BCUT2D eigenvalue weighted by Gasteiger charge is 1.96. The van der Waals surface area contributed by atoms with E-state index < -0.39 is 5.97 Å². The summed E-state index contributed by atoms with van der Waals surface area (Å²) in [5, 5.41) is 10.4. The zero-order valence-electron chi connectivity index (χ0n) is 9.03. The van der Waals surface area contributed by atoms with Crippen molar-refractivity contribution < 1.29 is 9.90 Å². The molecule has 0 fully saturated rings. The molecule has 1 heterocycles. The average molecular weight is 206 g/mol. The summed E-state index contributed by atoms with van der Waals surface area (Å²) in [7, 11) is 0. The maximum Gasteiger partial charge on any atom is 0.0899 e. The lowest BCUT2D eigenvalue weighted by molar-refractivity contribution is -0.255. The van der Waals surface area contributed by atoms with E-state index in [1.807, 2.05) is 6.07 Å². The Hall–Kier alpha value is -1.38. The Bertz CT molecular complexity index is 306. The first-order valence-corrected chi connectivity index (χ1v) is 5.40. The van der Waals surface area contributed by atoms with E-state index >= 15 is 0 Å². The van der Waals surface area contributed by atoms with Gasteiger partial charge in [-0.3, -0.25) is 4.98 Å². The fraction of sp³-hybridized carbons (Fsp3) is 0.500. The van der Waals surface area contributed by atoms with E-state index in [4.69, 9.17) is 0 Å². The van der Waals surface area contributed by atoms with Gasteiger partial charge in [-0.1, -0.05) is 32.3 Å². The number of aromatic nitrogens is 1. The smallest absolute Gasteiger partial charge is 0.0899 e. The van der Waals surface area contributed by atoms with E-state index in [1.165, 1.54) is 25.3 Å². The quantitative estimate of drug-likeness (QED) is 0.664. The summed E-state index contributed by atoms with van der Waals surface area (Å²) in [5.74, 6) is -1.22. The number of pyridine rings is 1. The van der Waals surface area contributed by atoms with Crippen LogP contribution in [0.15, 0.2) is 18.3 Å². The Labute approximate surface area is 90.2 Å². The number of aryl methyl sites for hydroxylation is 1. The van der Waals surface area contributed by atoms with Crippen molar-refractivity contribution in [1.29, 1.82) is 0 Å². The van der Waals surface area contributed by atoms with Gasteiger partial charge in [0.15, 0.2) is 0 Å². The number of nitrogens with zero attached hydrogens (tertiary/aromatic N) is 1. The predicted octanol–water partition coefficient (Wildman–Crippen LogP) is 1.57. The molecule has 0 spiro atoms. The van der Waals surface area contributed by atoms with Gasteiger partial charge < -0.3 is 9.90 Å². The highest BCUT2D eigenvalue weighted by molar-refractivity contribution is 5.83. The molecule has 0 N–H and O–H groups in total. The number of carboxylic acids is 1. The molecule has 82 valence electrons. The molecule has 0 bridgehead atoms. The van der Waals surface area contributed by atoms with Crippen molar-refractivity contribution in [3.8, 4) is 0 Å². The van der Waals surface area contributed by atoms with Crippen LogP contribution in [0.25, 0.3) is 0 Å². The third kappa shape index (κ3) is 4.11. The van der Waals surface area contributed by atoms with Gasteiger partial charge in [-0.2, -0.15) is 0 Å². The second kappa shape index (κ2) is 6.17. The molecule has 0 saturated heterocycles. The van der Waals surface area contributed by atoms with Crippen LogP contribution in [0, 0.1) is 0 Å². The van der Waals surface area contributed by atoms with Gasteiger partial charge in [0.1, 0.15) is 0 Å². The summed E-state index contributed by atoms with van der Waals surface area (Å²) in [4.78, 5) is 14.3. The highest BCUT2D eigenvalue weighted by Crippen LogP contribution is 2.07. The first kappa shape index (κ1) is 11.7. The number of carbonyl (C=O) groups excluding carboxylic acids is 1. The van der Waals surface area contributed by atoms with E-state index in [9.17, 15) is 9.90 Å². The molecule has 0 amide bonds. The Kier molecular flexibility index (Phi) is 4.81. The second-order valence-electron chi connectivity index (χ2n) is 3.65. The molecule has 0 radical (unpaired) electrons. The molecule has 15 heavy (non-hydrogen) atoms. The van der Waals surface area contributed by atoms with Gasteiger partial charge in [-0.15, -0.1) is 0 Å². The minimum Gasteiger partial charge on any atom is -0.543 e. The normalized spacial score (nSPS) is 10.2. The van der Waals surface area contributed by atoms with Crippen LogP contribution in [0.1, 0.15) is 48.7 Å². The fourth-order valence-electron chi connectivity index (χ4n) is 1.45. The molecule has 0 aliphatic carbocycles. The molecular formula is C12H16NO2-. The second-order valence-corrected chi connectivity index (χ2v) is 3.65. The predicted molar refractivity (Wildman–Crippen MR) is 56.4 cm³/mol. The van der Waals surface area contributed by atoms with Gasteiger partial charge in [0, 0.05) is 6.20 Å². The van der Waals surface area contributed by atoms with Crippen molar-refractivity contribution in [3.63, 3.8) is 0 Å². The summed E-state index contributed by atoms with van der Waals surface area (Å²) < 4.78 is 0. The molecule has 3 heteroatoms. The van der Waals surface area contributed by atoms with E-state index in [0.29, 0.717) is 0 Å². The fourth-order valence-corrected chi connectivity index (χ4v) is 1.45. The maximum absolute atomic E-state index is 10.4. The standard InChI is InChI=1S/C12H17NO2/c1-2-3-4-5-6-10-7-8-11(12(14)15)13-9-10/h7-9H,2-6H2,1H3,(H,14,15)/p-1. The summed E-state index contributed by atoms with van der Waals surface area (Å²) >= 11 is 0. The van der Waals surface area contributed by atoms with Crippen molar-refractivity contribution in [3.05, 3.63) is 29.6 Å². The highest BCUT2D eigenvalue weighted by atomic mass is 16.4. The van der Waals surface area contributed by atoms with E-state index in [-0.39, 0.29) is 5.69 Å². The number of unbranched alkanes of at least 4 members (excludes halogenated alkanes) is 3. The average Bonchev–Trinajstić information content (AvgIpc) is 2.25. The van der Waals surface area contributed by atoms with E-state index in [0.717, 1.165) is 18.4 Å². The molecule has 1 rings (SSSR count). The lowest BCUT2D eigenvalue weighted by Gasteiger charge is -2.03. The van der Waals surface area contributed by atoms with Crippen LogP contribution < -0.4 is 5.11 Å². The first-order chi connectivity index (χ1) is 7.24. The van der Waals surface area contributed by atoms with Gasteiger partial charge in [0.25, 0.3) is 0 Å². The molecule has 0 aliphatic heterocycles. The molecule has 1 aromatic heterocycles. The van der Waals surface area contributed by atoms with E-state index in [2.05, 4.69) is 11.9 Å². The van der Waals surface area contributed by atoms with E-state index in [1.54, 1.807) is 6.20 Å². The van der Waals surface area contributed by atoms with Gasteiger partial charge in [-0.25, -0.2) is 0 Å². The minimum absolute atomic E-state index is 0.00677. The molecule has 0 saturated carbocycles. The number of aromatic carboxylic acids is 1. The van der Waals surface area contributed by atoms with Crippen LogP contribution in [-0.2, 0) is 6.42 Å².